The number of hydrogen-bond acceptors (Lipinski definition) is 4. The van der Waals surface area contributed by atoms with Crippen molar-refractivity contribution in [2.24, 2.45) is 0 Å². The molecule has 1 N–H and O–H groups in total. The molecule has 0 saturated heterocycles. The van der Waals surface area contributed by atoms with Crippen molar-refractivity contribution in [2.45, 2.75) is 31.1 Å². The average molecular weight is 306 g/mol. The Balaban J connectivity index is 2.65. The van der Waals surface area contributed by atoms with Crippen molar-refractivity contribution in [1.29, 1.82) is 0 Å². The van der Waals surface area contributed by atoms with Gasteiger partial charge in [-0.3, -0.25) is 0 Å². The molecule has 112 valence electrons. The topological polar surface area (TPSA) is 63.6 Å². The quantitative estimate of drug-likeness (QED) is 0.650. The van der Waals surface area contributed by atoms with Crippen LogP contribution in [0.15, 0.2) is 53.4 Å². The Hall–Kier alpha value is -1.69. The minimum absolute atomic E-state index is 0.0483. The van der Waals surface area contributed by atoms with Gasteiger partial charge >= 0.3 is 10.1 Å². The zero-order valence-corrected chi connectivity index (χ0v) is 12.6. The summed E-state index contributed by atoms with van der Waals surface area (Å²) in [6.45, 7) is 2.04. The van der Waals surface area contributed by atoms with E-state index in [0.29, 0.717) is 17.5 Å². The number of aryl methyl sites for hydroxylation is 1. The van der Waals surface area contributed by atoms with Gasteiger partial charge in [0.1, 0.15) is 4.90 Å². The molecule has 21 heavy (non-hydrogen) atoms. The van der Waals surface area contributed by atoms with E-state index in [-0.39, 0.29) is 4.90 Å². The molecule has 0 heterocycles. The smallest absolute Gasteiger partial charge is 0.235 e. The summed E-state index contributed by atoms with van der Waals surface area (Å²) in [6.07, 6.45) is 2.44. The fraction of sp³-hybridized carbons (Fsp3) is 0.250. The van der Waals surface area contributed by atoms with Crippen LogP contribution in [0.2, 0.25) is 0 Å². The van der Waals surface area contributed by atoms with Crippen LogP contribution in [0.5, 0.6) is 0 Å². The standard InChI is InChI=1S/C16H18O4S/c1-2-3-8-14-11-7-12-15(13-9-5-4-6-10-13)16(14)21(18,19)20-17/h4-7,9-12,17H,2-3,8H2,1H3. The third-order valence-corrected chi connectivity index (χ3v) is 4.51. The molecule has 0 radical (unpaired) electrons. The molecular weight excluding hydrogens is 288 g/mol. The normalized spacial score (nSPS) is 11.5. The predicted octanol–water partition coefficient (Wildman–Crippen LogP) is 3.87. The molecule has 0 saturated carbocycles. The van der Waals surface area contributed by atoms with Crippen LogP contribution in [0.3, 0.4) is 0 Å². The molecule has 2 aromatic rings. The van der Waals surface area contributed by atoms with Crippen molar-refractivity contribution in [3.05, 3.63) is 54.1 Å². The first-order valence-electron chi connectivity index (χ1n) is 6.85. The van der Waals surface area contributed by atoms with Gasteiger partial charge in [-0.2, -0.15) is 8.42 Å². The van der Waals surface area contributed by atoms with Gasteiger partial charge in [0.15, 0.2) is 0 Å². The Labute approximate surface area is 125 Å². The van der Waals surface area contributed by atoms with E-state index < -0.39 is 10.1 Å². The van der Waals surface area contributed by atoms with Crippen LogP contribution in [0.25, 0.3) is 11.1 Å². The molecule has 2 rings (SSSR count). The van der Waals surface area contributed by atoms with Crippen LogP contribution in [0.4, 0.5) is 0 Å². The molecule has 2 aromatic carbocycles. The average Bonchev–Trinajstić information content (AvgIpc) is 2.53. The van der Waals surface area contributed by atoms with E-state index in [4.69, 9.17) is 5.26 Å². The third kappa shape index (κ3) is 3.50. The van der Waals surface area contributed by atoms with Gasteiger partial charge in [-0.15, -0.1) is 4.33 Å². The fourth-order valence-corrected chi connectivity index (χ4v) is 3.35. The maximum Gasteiger partial charge on any atom is 0.323 e. The highest BCUT2D eigenvalue weighted by Gasteiger charge is 2.24. The van der Waals surface area contributed by atoms with Crippen molar-refractivity contribution in [2.75, 3.05) is 0 Å². The number of hydrogen-bond donors (Lipinski definition) is 1. The second-order valence-electron chi connectivity index (χ2n) is 4.79. The van der Waals surface area contributed by atoms with Crippen molar-refractivity contribution in [3.63, 3.8) is 0 Å². The van der Waals surface area contributed by atoms with Crippen LogP contribution >= 0.6 is 0 Å². The van der Waals surface area contributed by atoms with Crippen LogP contribution < -0.4 is 0 Å². The summed E-state index contributed by atoms with van der Waals surface area (Å²) in [5, 5.41) is 8.78. The second kappa shape index (κ2) is 6.85. The molecular formula is C16H18O4S. The van der Waals surface area contributed by atoms with E-state index in [1.807, 2.05) is 43.3 Å². The molecule has 0 atom stereocenters. The molecule has 0 spiro atoms. The summed E-state index contributed by atoms with van der Waals surface area (Å²) in [7, 11) is -4.18. The SMILES string of the molecule is CCCCc1cccc(-c2ccccc2)c1S(=O)(=O)OO. The Kier molecular flexibility index (Phi) is 5.12. The molecule has 0 unspecified atom stereocenters. The van der Waals surface area contributed by atoms with Crippen LogP contribution in [0, 0.1) is 0 Å². The number of rotatable bonds is 6. The minimum Gasteiger partial charge on any atom is -0.235 e. The summed E-state index contributed by atoms with van der Waals surface area (Å²) < 4.78 is 28.0. The maximum atomic E-state index is 12.1. The highest BCUT2D eigenvalue weighted by Crippen LogP contribution is 2.31. The summed E-state index contributed by atoms with van der Waals surface area (Å²) in [4.78, 5) is 0.0483. The van der Waals surface area contributed by atoms with Crippen LogP contribution in [-0.2, 0) is 20.9 Å². The van der Waals surface area contributed by atoms with Gasteiger partial charge in [0.05, 0.1) is 0 Å². The van der Waals surface area contributed by atoms with Gasteiger partial charge in [0.25, 0.3) is 0 Å². The van der Waals surface area contributed by atoms with E-state index in [9.17, 15) is 8.42 Å². The Morgan fingerprint density at radius 1 is 1.05 bits per heavy atom. The minimum atomic E-state index is -4.18. The number of benzene rings is 2. The lowest BCUT2D eigenvalue weighted by Crippen LogP contribution is -2.09. The summed E-state index contributed by atoms with van der Waals surface area (Å²) in [5.74, 6) is 0. The molecule has 0 bridgehead atoms. The molecule has 5 heteroatoms. The Bertz CT molecular complexity index is 693. The summed E-state index contributed by atoms with van der Waals surface area (Å²) in [5.41, 5.74) is 1.97. The van der Waals surface area contributed by atoms with Crippen molar-refractivity contribution >= 4 is 10.1 Å². The van der Waals surface area contributed by atoms with Crippen LogP contribution in [0.1, 0.15) is 25.3 Å². The molecule has 4 nitrogen and oxygen atoms in total. The van der Waals surface area contributed by atoms with E-state index in [1.54, 1.807) is 12.1 Å². The van der Waals surface area contributed by atoms with Gasteiger partial charge in [-0.1, -0.05) is 61.9 Å². The molecule has 0 aliphatic carbocycles. The highest BCUT2D eigenvalue weighted by atomic mass is 32.2. The van der Waals surface area contributed by atoms with Crippen molar-refractivity contribution < 1.29 is 18.0 Å². The fourth-order valence-electron chi connectivity index (χ4n) is 2.33. The monoisotopic (exact) mass is 306 g/mol. The van der Waals surface area contributed by atoms with Gasteiger partial charge in [0.2, 0.25) is 0 Å². The van der Waals surface area contributed by atoms with E-state index in [1.165, 1.54) is 0 Å². The third-order valence-electron chi connectivity index (χ3n) is 3.33. The first kappa shape index (κ1) is 15.7. The van der Waals surface area contributed by atoms with E-state index >= 15 is 0 Å². The molecule has 0 aliphatic rings. The van der Waals surface area contributed by atoms with E-state index in [0.717, 1.165) is 18.4 Å². The van der Waals surface area contributed by atoms with Gasteiger partial charge in [-0.05, 0) is 24.0 Å². The highest BCUT2D eigenvalue weighted by molar-refractivity contribution is 7.86. The van der Waals surface area contributed by atoms with Crippen molar-refractivity contribution in [1.82, 2.24) is 0 Å². The Morgan fingerprint density at radius 3 is 2.38 bits per heavy atom. The number of unbranched alkanes of at least 4 members (excludes halogenated alkanes) is 1. The van der Waals surface area contributed by atoms with Crippen LogP contribution in [-0.4, -0.2) is 13.7 Å². The summed E-state index contributed by atoms with van der Waals surface area (Å²) >= 11 is 0. The predicted molar refractivity (Wildman–Crippen MR) is 81.4 cm³/mol. The first-order valence-corrected chi connectivity index (χ1v) is 8.26. The lowest BCUT2D eigenvalue weighted by molar-refractivity contribution is -0.130. The van der Waals surface area contributed by atoms with Gasteiger partial charge < -0.3 is 0 Å². The molecule has 0 amide bonds. The molecule has 0 fully saturated rings. The lowest BCUT2D eigenvalue weighted by Gasteiger charge is -2.13. The largest absolute Gasteiger partial charge is 0.323 e. The first-order chi connectivity index (χ1) is 10.1. The Morgan fingerprint density at radius 2 is 1.76 bits per heavy atom. The molecule has 0 aliphatic heterocycles. The van der Waals surface area contributed by atoms with Gasteiger partial charge in [0, 0.05) is 5.56 Å². The summed E-state index contributed by atoms with van der Waals surface area (Å²) in [6, 6.07) is 14.5. The zero-order chi connectivity index (χ0) is 15.3. The van der Waals surface area contributed by atoms with E-state index in [2.05, 4.69) is 4.33 Å². The molecule has 0 aromatic heterocycles. The maximum absolute atomic E-state index is 12.1. The van der Waals surface area contributed by atoms with Gasteiger partial charge in [-0.25, -0.2) is 5.26 Å². The zero-order valence-electron chi connectivity index (χ0n) is 11.8. The second-order valence-corrected chi connectivity index (χ2v) is 6.26. The van der Waals surface area contributed by atoms with Crippen molar-refractivity contribution in [3.8, 4) is 11.1 Å². The lowest BCUT2D eigenvalue weighted by atomic mass is 10.0.